The first-order valence-electron chi connectivity index (χ1n) is 7.27. The molecule has 1 amide bonds. The van der Waals surface area contributed by atoms with Crippen molar-refractivity contribution in [1.29, 1.82) is 0 Å². The minimum Gasteiger partial charge on any atom is -0.313 e. The molecule has 0 aromatic heterocycles. The smallest absolute Gasteiger partial charge is 0.251 e. The summed E-state index contributed by atoms with van der Waals surface area (Å²) in [6, 6.07) is -0.309. The zero-order chi connectivity index (χ0) is 15.5. The fourth-order valence-corrected chi connectivity index (χ4v) is 2.24. The zero-order valence-electron chi connectivity index (χ0n) is 13.7. The summed E-state index contributed by atoms with van der Waals surface area (Å²) in [7, 11) is 1.82. The quantitative estimate of drug-likeness (QED) is 0.662. The van der Waals surface area contributed by atoms with Gasteiger partial charge in [-0.25, -0.2) is 0 Å². The summed E-state index contributed by atoms with van der Waals surface area (Å²) in [5.41, 5.74) is 2.90. The molecule has 0 radical (unpaired) electrons. The highest BCUT2D eigenvalue weighted by molar-refractivity contribution is 6.05. The number of hydrogen-bond acceptors (Lipinski definition) is 2. The molecular formula is C17H26N2O. The highest BCUT2D eigenvalue weighted by Crippen LogP contribution is 2.29. The highest BCUT2D eigenvalue weighted by atomic mass is 16.2. The van der Waals surface area contributed by atoms with Crippen LogP contribution in [0.5, 0.6) is 0 Å². The van der Waals surface area contributed by atoms with Crippen molar-refractivity contribution < 1.29 is 4.79 Å². The van der Waals surface area contributed by atoms with Crippen molar-refractivity contribution in [2.24, 2.45) is 10.4 Å². The third kappa shape index (κ3) is 3.27. The lowest BCUT2D eigenvalue weighted by Gasteiger charge is -2.19. The first-order chi connectivity index (χ1) is 9.32. The lowest BCUT2D eigenvalue weighted by Crippen LogP contribution is -2.32. The van der Waals surface area contributed by atoms with Gasteiger partial charge < -0.3 is 4.90 Å². The fraction of sp³-hybridized carbons (Fsp3) is 0.529. The highest BCUT2D eigenvalue weighted by Gasteiger charge is 2.26. The van der Waals surface area contributed by atoms with Crippen molar-refractivity contribution in [3.63, 3.8) is 0 Å². The Bertz CT molecular complexity index is 507. The maximum absolute atomic E-state index is 12.1. The minimum absolute atomic E-state index is 0.00197. The molecule has 1 aliphatic carbocycles. The Morgan fingerprint density at radius 3 is 2.35 bits per heavy atom. The molecule has 0 spiro atoms. The minimum atomic E-state index is -0.309. The lowest BCUT2D eigenvalue weighted by molar-refractivity contribution is -0.128. The molecular weight excluding hydrogens is 248 g/mol. The molecule has 0 N–H and O–H groups in total. The summed E-state index contributed by atoms with van der Waals surface area (Å²) in [6.07, 6.45) is 8.39. The molecule has 20 heavy (non-hydrogen) atoms. The van der Waals surface area contributed by atoms with Crippen LogP contribution in [0, 0.1) is 5.41 Å². The van der Waals surface area contributed by atoms with Crippen molar-refractivity contribution >= 4 is 11.6 Å². The normalized spacial score (nSPS) is 24.4. The van der Waals surface area contributed by atoms with Gasteiger partial charge in [-0.1, -0.05) is 45.9 Å². The number of nitrogens with zero attached hydrogens (tertiary/aromatic N) is 2. The number of carbonyl (C=O) groups is 1. The Morgan fingerprint density at radius 2 is 1.75 bits per heavy atom. The Balaban J connectivity index is 0.000000956. The SMILES string of the molecule is CC.CC1=NC(C)C(=O)N(C)C2=C1C=CC(C)(C)C=C2. The van der Waals surface area contributed by atoms with Gasteiger partial charge in [-0.05, 0) is 19.9 Å². The number of likely N-dealkylation sites (N-methyl/N-ethyl adjacent to an activating group) is 1. The second-order valence-corrected chi connectivity index (χ2v) is 5.57. The number of allylic oxidation sites excluding steroid dienone is 5. The second-order valence-electron chi connectivity index (χ2n) is 5.57. The molecule has 3 nitrogen and oxygen atoms in total. The van der Waals surface area contributed by atoms with E-state index in [2.05, 4.69) is 37.1 Å². The van der Waals surface area contributed by atoms with Gasteiger partial charge in [0.1, 0.15) is 6.04 Å². The molecule has 1 heterocycles. The summed E-state index contributed by atoms with van der Waals surface area (Å²) in [5, 5.41) is 0. The van der Waals surface area contributed by atoms with Gasteiger partial charge in [0.05, 0.1) is 5.70 Å². The summed E-state index contributed by atoms with van der Waals surface area (Å²) in [5.74, 6) is 0.0390. The first kappa shape index (κ1) is 16.4. The Hall–Kier alpha value is -1.64. The van der Waals surface area contributed by atoms with E-state index >= 15 is 0 Å². The van der Waals surface area contributed by atoms with Crippen molar-refractivity contribution in [3.8, 4) is 0 Å². The largest absolute Gasteiger partial charge is 0.313 e. The van der Waals surface area contributed by atoms with E-state index in [9.17, 15) is 4.79 Å². The third-order valence-electron chi connectivity index (χ3n) is 3.45. The Morgan fingerprint density at radius 1 is 1.20 bits per heavy atom. The summed E-state index contributed by atoms with van der Waals surface area (Å²) < 4.78 is 0. The van der Waals surface area contributed by atoms with E-state index in [-0.39, 0.29) is 17.4 Å². The fourth-order valence-electron chi connectivity index (χ4n) is 2.24. The van der Waals surface area contributed by atoms with Gasteiger partial charge in [-0.3, -0.25) is 9.79 Å². The van der Waals surface area contributed by atoms with Crippen LogP contribution in [0.4, 0.5) is 0 Å². The van der Waals surface area contributed by atoms with E-state index < -0.39 is 0 Å². The molecule has 0 aromatic carbocycles. The van der Waals surface area contributed by atoms with Gasteiger partial charge in [-0.2, -0.15) is 0 Å². The summed E-state index contributed by atoms with van der Waals surface area (Å²) >= 11 is 0. The maximum Gasteiger partial charge on any atom is 0.251 e. The Labute approximate surface area is 122 Å². The van der Waals surface area contributed by atoms with Crippen LogP contribution >= 0.6 is 0 Å². The maximum atomic E-state index is 12.1. The average molecular weight is 274 g/mol. The molecule has 1 unspecified atom stereocenters. The van der Waals surface area contributed by atoms with Gasteiger partial charge in [-0.15, -0.1) is 0 Å². The average Bonchev–Trinajstić information content (AvgIpc) is 2.61. The molecule has 1 aliphatic heterocycles. The molecule has 2 rings (SSSR count). The number of hydrogen-bond donors (Lipinski definition) is 0. The van der Waals surface area contributed by atoms with E-state index in [4.69, 9.17) is 0 Å². The van der Waals surface area contributed by atoms with Crippen LogP contribution in [0.1, 0.15) is 41.5 Å². The van der Waals surface area contributed by atoms with Crippen LogP contribution in [-0.2, 0) is 4.79 Å². The molecule has 110 valence electrons. The predicted molar refractivity (Wildman–Crippen MR) is 85.8 cm³/mol. The van der Waals surface area contributed by atoms with E-state index in [0.717, 1.165) is 17.0 Å². The van der Waals surface area contributed by atoms with Gasteiger partial charge in [0, 0.05) is 23.7 Å². The number of rotatable bonds is 0. The molecule has 0 saturated carbocycles. The van der Waals surface area contributed by atoms with E-state index in [1.807, 2.05) is 40.8 Å². The van der Waals surface area contributed by atoms with Gasteiger partial charge in [0.15, 0.2) is 0 Å². The predicted octanol–water partition coefficient (Wildman–Crippen LogP) is 3.74. The first-order valence-corrected chi connectivity index (χ1v) is 7.27. The topological polar surface area (TPSA) is 32.7 Å². The van der Waals surface area contributed by atoms with Crippen molar-refractivity contribution in [2.75, 3.05) is 7.05 Å². The number of aliphatic imine (C=N–C) groups is 1. The van der Waals surface area contributed by atoms with E-state index in [0.29, 0.717) is 0 Å². The van der Waals surface area contributed by atoms with Crippen LogP contribution in [-0.4, -0.2) is 29.6 Å². The molecule has 0 saturated heterocycles. The number of carbonyl (C=O) groups excluding carboxylic acids is 1. The van der Waals surface area contributed by atoms with E-state index in [1.165, 1.54) is 0 Å². The molecule has 0 fully saturated rings. The zero-order valence-corrected chi connectivity index (χ0v) is 13.7. The van der Waals surface area contributed by atoms with Crippen LogP contribution in [0.2, 0.25) is 0 Å². The molecule has 2 aliphatic rings. The van der Waals surface area contributed by atoms with Crippen molar-refractivity contribution in [1.82, 2.24) is 4.90 Å². The molecule has 1 atom stereocenters. The van der Waals surface area contributed by atoms with Crippen molar-refractivity contribution in [3.05, 3.63) is 35.6 Å². The van der Waals surface area contributed by atoms with Crippen LogP contribution in [0.25, 0.3) is 0 Å². The van der Waals surface area contributed by atoms with Crippen LogP contribution in [0.3, 0.4) is 0 Å². The molecule has 3 heteroatoms. The summed E-state index contributed by atoms with van der Waals surface area (Å²) in [4.78, 5) is 18.3. The third-order valence-corrected chi connectivity index (χ3v) is 3.45. The Kier molecular flexibility index (Phi) is 5.09. The van der Waals surface area contributed by atoms with Gasteiger partial charge in [0.25, 0.3) is 5.91 Å². The van der Waals surface area contributed by atoms with Crippen molar-refractivity contribution in [2.45, 2.75) is 47.6 Å². The van der Waals surface area contributed by atoms with E-state index in [1.54, 1.807) is 4.90 Å². The summed E-state index contributed by atoms with van der Waals surface area (Å²) in [6.45, 7) is 12.1. The number of amides is 1. The standard InChI is InChI=1S/C15H20N2O.C2H6/c1-10-12-6-8-15(3,4)9-7-13(12)17(5)14(18)11(2)16-10;1-2/h6-9,11H,1-5H3;1-2H3. The lowest BCUT2D eigenvalue weighted by atomic mass is 9.93. The monoisotopic (exact) mass is 274 g/mol. The van der Waals surface area contributed by atoms with Gasteiger partial charge in [0.2, 0.25) is 0 Å². The molecule has 0 aromatic rings. The van der Waals surface area contributed by atoms with Gasteiger partial charge >= 0.3 is 0 Å². The second kappa shape index (κ2) is 6.21. The van der Waals surface area contributed by atoms with Crippen LogP contribution < -0.4 is 0 Å². The molecule has 0 bridgehead atoms. The van der Waals surface area contributed by atoms with Crippen LogP contribution in [0.15, 0.2) is 40.6 Å².